The summed E-state index contributed by atoms with van der Waals surface area (Å²) in [5.74, 6) is -2.87. The molecule has 0 aromatic carbocycles. The van der Waals surface area contributed by atoms with Crippen LogP contribution in [0.3, 0.4) is 0 Å². The van der Waals surface area contributed by atoms with Crippen molar-refractivity contribution in [3.05, 3.63) is 23.9 Å². The normalized spacial score (nSPS) is 11.1. The maximum atomic E-state index is 12.4. The molecule has 1 aromatic rings. The predicted molar refractivity (Wildman–Crippen MR) is 58.7 cm³/mol. The van der Waals surface area contributed by atoms with Gasteiger partial charge in [-0.3, -0.25) is 9.59 Å². The van der Waals surface area contributed by atoms with Gasteiger partial charge in [-0.05, 0) is 12.1 Å². The number of carboxylic acids is 1. The minimum absolute atomic E-state index is 0.270. The van der Waals surface area contributed by atoms with Gasteiger partial charge in [0.15, 0.2) is 0 Å². The van der Waals surface area contributed by atoms with E-state index in [1.807, 2.05) is 0 Å². The van der Waals surface area contributed by atoms with E-state index >= 15 is 0 Å². The topological polar surface area (TPSA) is 96.5 Å². The number of hydrogen-bond acceptors (Lipinski definition) is 4. The lowest BCUT2D eigenvalue weighted by Gasteiger charge is -2.24. The third kappa shape index (κ3) is 4.45. The van der Waals surface area contributed by atoms with Crippen LogP contribution in [0, 0.1) is 0 Å². The Balaban J connectivity index is 3.17. The molecule has 1 heterocycles. The Hall–Kier alpha value is -2.32. The van der Waals surface area contributed by atoms with Crippen LogP contribution in [0.2, 0.25) is 0 Å². The Bertz CT molecular complexity index is 490. The van der Waals surface area contributed by atoms with Gasteiger partial charge in [-0.15, -0.1) is 0 Å². The number of aliphatic carboxylic acids is 1. The second-order valence-corrected chi connectivity index (χ2v) is 3.60. The molecular formula is C10H10F3N3O3. The number of carboxylic acid groups (broad SMARTS) is 1. The van der Waals surface area contributed by atoms with E-state index in [1.54, 1.807) is 0 Å². The van der Waals surface area contributed by atoms with Crippen LogP contribution in [0.25, 0.3) is 0 Å². The molecule has 0 saturated heterocycles. The third-order valence-corrected chi connectivity index (χ3v) is 2.05. The van der Waals surface area contributed by atoms with Gasteiger partial charge < -0.3 is 15.7 Å². The first kappa shape index (κ1) is 14.7. The highest BCUT2D eigenvalue weighted by Gasteiger charge is 2.33. The number of aromatic nitrogens is 1. The van der Waals surface area contributed by atoms with Crippen LogP contribution in [0.15, 0.2) is 18.3 Å². The van der Waals surface area contributed by atoms with Crippen molar-refractivity contribution in [1.29, 1.82) is 0 Å². The molecule has 0 spiro atoms. The van der Waals surface area contributed by atoms with Crippen molar-refractivity contribution in [3.8, 4) is 0 Å². The van der Waals surface area contributed by atoms with Gasteiger partial charge in [-0.2, -0.15) is 13.2 Å². The summed E-state index contributed by atoms with van der Waals surface area (Å²) in [5.41, 5.74) is 4.74. The van der Waals surface area contributed by atoms with Crippen LogP contribution in [-0.2, 0) is 4.79 Å². The molecule has 104 valence electrons. The highest BCUT2D eigenvalue weighted by molar-refractivity contribution is 5.98. The van der Waals surface area contributed by atoms with E-state index in [2.05, 4.69) is 4.98 Å². The number of anilines is 1. The first-order valence-corrected chi connectivity index (χ1v) is 4.99. The Morgan fingerprint density at radius 1 is 1.42 bits per heavy atom. The lowest BCUT2D eigenvalue weighted by atomic mass is 10.2. The molecule has 1 amide bonds. The smallest absolute Gasteiger partial charge is 0.405 e. The number of amides is 1. The summed E-state index contributed by atoms with van der Waals surface area (Å²) in [4.78, 5) is 25.7. The molecule has 0 saturated carbocycles. The zero-order valence-electron chi connectivity index (χ0n) is 9.52. The van der Waals surface area contributed by atoms with Gasteiger partial charge >= 0.3 is 12.1 Å². The van der Waals surface area contributed by atoms with E-state index in [0.717, 1.165) is 6.20 Å². The fourth-order valence-electron chi connectivity index (χ4n) is 1.43. The Morgan fingerprint density at radius 2 is 2.05 bits per heavy atom. The zero-order valence-corrected chi connectivity index (χ0v) is 9.52. The van der Waals surface area contributed by atoms with E-state index < -0.39 is 37.0 Å². The van der Waals surface area contributed by atoms with Gasteiger partial charge in [-0.25, -0.2) is 4.98 Å². The molecule has 6 nitrogen and oxygen atoms in total. The minimum Gasteiger partial charge on any atom is -0.480 e. The SMILES string of the molecule is NC(=O)c1cccnc1N(CC(=O)O)CC(F)(F)F. The van der Waals surface area contributed by atoms with Gasteiger partial charge in [-0.1, -0.05) is 0 Å². The molecule has 0 atom stereocenters. The molecule has 0 unspecified atom stereocenters. The molecule has 19 heavy (non-hydrogen) atoms. The van der Waals surface area contributed by atoms with Crippen LogP contribution in [0.4, 0.5) is 19.0 Å². The molecule has 1 aromatic heterocycles. The molecule has 0 aliphatic heterocycles. The summed E-state index contributed by atoms with van der Waals surface area (Å²) in [6, 6.07) is 2.49. The number of pyridine rings is 1. The summed E-state index contributed by atoms with van der Waals surface area (Å²) >= 11 is 0. The standard InChI is InChI=1S/C10H10F3N3O3/c11-10(12,13)5-16(4-7(17)18)9-6(8(14)19)2-1-3-15-9/h1-3H,4-5H2,(H2,14,19)(H,17,18). The van der Waals surface area contributed by atoms with Crippen molar-refractivity contribution in [2.24, 2.45) is 5.73 Å². The Labute approximate surface area is 105 Å². The summed E-state index contributed by atoms with van der Waals surface area (Å²) in [6.07, 6.45) is -3.49. The summed E-state index contributed by atoms with van der Waals surface area (Å²) in [7, 11) is 0. The molecule has 0 aliphatic rings. The van der Waals surface area contributed by atoms with Crippen molar-refractivity contribution in [3.63, 3.8) is 0 Å². The average molecular weight is 277 g/mol. The molecule has 1 rings (SSSR count). The molecule has 3 N–H and O–H groups in total. The number of primary amides is 1. The van der Waals surface area contributed by atoms with E-state index in [4.69, 9.17) is 10.8 Å². The number of hydrogen-bond donors (Lipinski definition) is 2. The van der Waals surface area contributed by atoms with Crippen molar-refractivity contribution in [2.45, 2.75) is 6.18 Å². The maximum absolute atomic E-state index is 12.4. The molecule has 0 fully saturated rings. The lowest BCUT2D eigenvalue weighted by Crippen LogP contribution is -2.39. The zero-order chi connectivity index (χ0) is 14.6. The number of carbonyl (C=O) groups is 2. The summed E-state index contributed by atoms with van der Waals surface area (Å²) < 4.78 is 37.2. The Kier molecular flexibility index (Phi) is 4.30. The van der Waals surface area contributed by atoms with Crippen molar-refractivity contribution < 1.29 is 27.9 Å². The van der Waals surface area contributed by atoms with Gasteiger partial charge in [0.25, 0.3) is 5.91 Å². The first-order valence-electron chi connectivity index (χ1n) is 4.99. The second kappa shape index (κ2) is 5.55. The number of rotatable bonds is 5. The van der Waals surface area contributed by atoms with Crippen molar-refractivity contribution >= 4 is 17.7 Å². The molecule has 0 bridgehead atoms. The molecule has 0 radical (unpaired) electrons. The van der Waals surface area contributed by atoms with Crippen LogP contribution in [-0.4, -0.2) is 41.2 Å². The quantitative estimate of drug-likeness (QED) is 0.823. The Morgan fingerprint density at radius 3 is 2.53 bits per heavy atom. The number of halogens is 3. The van der Waals surface area contributed by atoms with E-state index in [-0.39, 0.29) is 5.56 Å². The van der Waals surface area contributed by atoms with Crippen molar-refractivity contribution in [1.82, 2.24) is 4.98 Å². The van der Waals surface area contributed by atoms with Crippen LogP contribution in [0.1, 0.15) is 10.4 Å². The van der Waals surface area contributed by atoms with E-state index in [1.165, 1.54) is 12.1 Å². The lowest BCUT2D eigenvalue weighted by molar-refractivity contribution is -0.136. The number of nitrogens with zero attached hydrogens (tertiary/aromatic N) is 2. The fourth-order valence-corrected chi connectivity index (χ4v) is 1.43. The molecule has 0 aliphatic carbocycles. The van der Waals surface area contributed by atoms with Gasteiger partial charge in [0.1, 0.15) is 18.9 Å². The minimum atomic E-state index is -4.64. The fraction of sp³-hybridized carbons (Fsp3) is 0.300. The monoisotopic (exact) mass is 277 g/mol. The number of nitrogens with two attached hydrogens (primary N) is 1. The third-order valence-electron chi connectivity index (χ3n) is 2.05. The first-order chi connectivity index (χ1) is 8.70. The van der Waals surface area contributed by atoms with Gasteiger partial charge in [0.05, 0.1) is 5.56 Å². The highest BCUT2D eigenvalue weighted by Crippen LogP contribution is 2.23. The van der Waals surface area contributed by atoms with Gasteiger partial charge in [0.2, 0.25) is 0 Å². The van der Waals surface area contributed by atoms with Gasteiger partial charge in [0, 0.05) is 6.20 Å². The van der Waals surface area contributed by atoms with E-state index in [0.29, 0.717) is 4.90 Å². The maximum Gasteiger partial charge on any atom is 0.405 e. The van der Waals surface area contributed by atoms with Crippen LogP contribution >= 0.6 is 0 Å². The average Bonchev–Trinajstić information content (AvgIpc) is 2.25. The summed E-state index contributed by atoms with van der Waals surface area (Å²) in [5, 5.41) is 8.62. The second-order valence-electron chi connectivity index (χ2n) is 3.60. The van der Waals surface area contributed by atoms with Crippen molar-refractivity contribution in [2.75, 3.05) is 18.0 Å². The number of alkyl halides is 3. The number of carbonyl (C=O) groups excluding carboxylic acids is 1. The molecular weight excluding hydrogens is 267 g/mol. The predicted octanol–water partition coefficient (Wildman–Crippen LogP) is 0.634. The summed E-state index contributed by atoms with van der Waals surface area (Å²) in [6.45, 7) is -2.49. The van der Waals surface area contributed by atoms with Crippen LogP contribution < -0.4 is 10.6 Å². The largest absolute Gasteiger partial charge is 0.480 e. The molecule has 9 heteroatoms. The highest BCUT2D eigenvalue weighted by atomic mass is 19.4. The van der Waals surface area contributed by atoms with Crippen LogP contribution in [0.5, 0.6) is 0 Å². The van der Waals surface area contributed by atoms with E-state index in [9.17, 15) is 22.8 Å².